The van der Waals surface area contributed by atoms with Crippen molar-refractivity contribution in [2.45, 2.75) is 18.7 Å². The summed E-state index contributed by atoms with van der Waals surface area (Å²) in [5.74, 6) is 0.330. The summed E-state index contributed by atoms with van der Waals surface area (Å²) in [7, 11) is -3.64. The van der Waals surface area contributed by atoms with E-state index in [2.05, 4.69) is 27.2 Å². The second kappa shape index (κ2) is 8.53. The molecular weight excluding hydrogens is 358 g/mol. The molecule has 0 aromatic heterocycles. The minimum Gasteiger partial charge on any atom is -0.492 e. The Morgan fingerprint density at radius 2 is 2.14 bits per heavy atom. The van der Waals surface area contributed by atoms with Gasteiger partial charge in [0.25, 0.3) is 0 Å². The molecule has 1 rings (SSSR count). The van der Waals surface area contributed by atoms with Crippen molar-refractivity contribution in [3.63, 3.8) is 0 Å². The highest BCUT2D eigenvalue weighted by molar-refractivity contribution is 9.10. The fourth-order valence-corrected chi connectivity index (χ4v) is 3.23. The van der Waals surface area contributed by atoms with Gasteiger partial charge in [-0.25, -0.2) is 13.1 Å². The zero-order valence-corrected chi connectivity index (χ0v) is 14.6. The first-order valence-corrected chi connectivity index (χ1v) is 8.78. The van der Waals surface area contributed by atoms with E-state index in [-0.39, 0.29) is 18.0 Å². The molecule has 0 amide bonds. The topological polar surface area (TPSA) is 64.6 Å². The van der Waals surface area contributed by atoms with Gasteiger partial charge in [-0.15, -0.1) is 0 Å². The van der Waals surface area contributed by atoms with Gasteiger partial charge in [-0.2, -0.15) is 0 Å². The van der Waals surface area contributed by atoms with Crippen LogP contribution in [0.1, 0.15) is 13.8 Å². The molecule has 5 nitrogen and oxygen atoms in total. The number of ether oxygens (including phenoxy) is 2. The van der Waals surface area contributed by atoms with Crippen molar-refractivity contribution in [3.05, 3.63) is 34.8 Å². The lowest BCUT2D eigenvalue weighted by molar-refractivity contribution is 0.162. The Labute approximate surface area is 134 Å². The molecule has 21 heavy (non-hydrogen) atoms. The average molecular weight is 378 g/mol. The molecule has 0 fully saturated rings. The lowest BCUT2D eigenvalue weighted by atomic mass is 10.3. The number of sulfonamides is 1. The standard InChI is InChI=1S/C14H20BrNO4S/c1-4-20-13-6-5-12(15)9-14(13)21(17,18)16-7-8-19-10-11(2)3/h5-6,9,16H,2,4,7-8,10H2,1,3H3. The molecule has 0 bridgehead atoms. The van der Waals surface area contributed by atoms with E-state index in [0.717, 1.165) is 5.57 Å². The van der Waals surface area contributed by atoms with Gasteiger partial charge in [0.1, 0.15) is 10.6 Å². The first-order valence-electron chi connectivity index (χ1n) is 6.51. The van der Waals surface area contributed by atoms with Crippen LogP contribution in [0.3, 0.4) is 0 Å². The summed E-state index contributed by atoms with van der Waals surface area (Å²) in [6, 6.07) is 4.88. The van der Waals surface area contributed by atoms with Gasteiger partial charge in [-0.3, -0.25) is 0 Å². The first-order chi connectivity index (χ1) is 9.86. The second-order valence-electron chi connectivity index (χ2n) is 4.43. The van der Waals surface area contributed by atoms with Crippen molar-refractivity contribution in [2.24, 2.45) is 0 Å². The Bertz CT molecular complexity index is 587. The first kappa shape index (κ1) is 18.2. The predicted octanol–water partition coefficient (Wildman–Crippen LogP) is 2.72. The van der Waals surface area contributed by atoms with E-state index in [4.69, 9.17) is 9.47 Å². The third-order valence-corrected chi connectivity index (χ3v) is 4.36. The maximum atomic E-state index is 12.3. The van der Waals surface area contributed by atoms with E-state index in [0.29, 0.717) is 23.4 Å². The molecule has 0 aliphatic carbocycles. The molecule has 0 aliphatic heterocycles. The van der Waals surface area contributed by atoms with Gasteiger partial charge in [-0.05, 0) is 32.0 Å². The highest BCUT2D eigenvalue weighted by Crippen LogP contribution is 2.27. The van der Waals surface area contributed by atoms with E-state index < -0.39 is 10.0 Å². The van der Waals surface area contributed by atoms with Crippen LogP contribution in [0.5, 0.6) is 5.75 Å². The minimum atomic E-state index is -3.64. The van der Waals surface area contributed by atoms with Gasteiger partial charge in [-0.1, -0.05) is 28.1 Å². The van der Waals surface area contributed by atoms with Crippen LogP contribution in [0.25, 0.3) is 0 Å². The van der Waals surface area contributed by atoms with E-state index in [9.17, 15) is 8.42 Å². The zero-order chi connectivity index (χ0) is 15.9. The molecule has 0 saturated carbocycles. The zero-order valence-electron chi connectivity index (χ0n) is 12.2. The Kier molecular flexibility index (Phi) is 7.37. The highest BCUT2D eigenvalue weighted by Gasteiger charge is 2.19. The van der Waals surface area contributed by atoms with Gasteiger partial charge in [0.2, 0.25) is 10.0 Å². The number of hydrogen-bond acceptors (Lipinski definition) is 4. The van der Waals surface area contributed by atoms with E-state index >= 15 is 0 Å². The molecule has 1 aromatic carbocycles. The van der Waals surface area contributed by atoms with Gasteiger partial charge in [0, 0.05) is 11.0 Å². The molecule has 1 aromatic rings. The minimum absolute atomic E-state index is 0.110. The van der Waals surface area contributed by atoms with Crippen LogP contribution in [-0.4, -0.2) is 34.8 Å². The Morgan fingerprint density at radius 3 is 2.76 bits per heavy atom. The number of benzene rings is 1. The molecule has 0 spiro atoms. The summed E-state index contributed by atoms with van der Waals surface area (Å²) in [6.45, 7) is 8.64. The van der Waals surface area contributed by atoms with Crippen LogP contribution in [0.15, 0.2) is 39.7 Å². The van der Waals surface area contributed by atoms with Crippen LogP contribution in [0, 0.1) is 0 Å². The third-order valence-electron chi connectivity index (χ3n) is 2.38. The molecular formula is C14H20BrNO4S. The maximum absolute atomic E-state index is 12.3. The Balaban J connectivity index is 2.73. The molecule has 0 radical (unpaired) electrons. The van der Waals surface area contributed by atoms with Crippen LogP contribution in [0.2, 0.25) is 0 Å². The van der Waals surface area contributed by atoms with Crippen LogP contribution in [0.4, 0.5) is 0 Å². The van der Waals surface area contributed by atoms with Crippen molar-refractivity contribution < 1.29 is 17.9 Å². The number of rotatable bonds is 9. The summed E-state index contributed by atoms with van der Waals surface area (Å²) in [4.78, 5) is 0.110. The van der Waals surface area contributed by atoms with Crippen molar-refractivity contribution in [3.8, 4) is 5.75 Å². The van der Waals surface area contributed by atoms with E-state index in [1.54, 1.807) is 19.1 Å². The number of nitrogens with one attached hydrogen (secondary N) is 1. The highest BCUT2D eigenvalue weighted by atomic mass is 79.9. The van der Waals surface area contributed by atoms with Crippen molar-refractivity contribution >= 4 is 26.0 Å². The largest absolute Gasteiger partial charge is 0.492 e. The molecule has 118 valence electrons. The molecule has 0 heterocycles. The number of hydrogen-bond donors (Lipinski definition) is 1. The van der Waals surface area contributed by atoms with Crippen molar-refractivity contribution in [2.75, 3.05) is 26.4 Å². The molecule has 1 N–H and O–H groups in total. The SMILES string of the molecule is C=C(C)COCCNS(=O)(=O)c1cc(Br)ccc1OCC. The smallest absolute Gasteiger partial charge is 0.244 e. The van der Waals surface area contributed by atoms with Crippen molar-refractivity contribution in [1.82, 2.24) is 4.72 Å². The summed E-state index contributed by atoms with van der Waals surface area (Å²) >= 11 is 3.27. The molecule has 0 aliphatic rings. The quantitative estimate of drug-likeness (QED) is 0.530. The van der Waals surface area contributed by atoms with Gasteiger partial charge >= 0.3 is 0 Å². The van der Waals surface area contributed by atoms with E-state index in [1.165, 1.54) is 6.07 Å². The summed E-state index contributed by atoms with van der Waals surface area (Å²) in [6.07, 6.45) is 0. The molecule has 0 unspecified atom stereocenters. The molecule has 7 heteroatoms. The van der Waals surface area contributed by atoms with E-state index in [1.807, 2.05) is 6.92 Å². The Hall–Kier alpha value is -0.890. The third kappa shape index (κ3) is 6.17. The lowest BCUT2D eigenvalue weighted by Gasteiger charge is -2.12. The summed E-state index contributed by atoms with van der Waals surface area (Å²) < 4.78 is 38.4. The van der Waals surface area contributed by atoms with Crippen LogP contribution < -0.4 is 9.46 Å². The molecule has 0 atom stereocenters. The summed E-state index contributed by atoms with van der Waals surface area (Å²) in [5.41, 5.74) is 0.892. The average Bonchev–Trinajstić information content (AvgIpc) is 2.40. The lowest BCUT2D eigenvalue weighted by Crippen LogP contribution is -2.28. The molecule has 0 saturated heterocycles. The van der Waals surface area contributed by atoms with Crippen LogP contribution in [-0.2, 0) is 14.8 Å². The summed E-state index contributed by atoms with van der Waals surface area (Å²) in [5, 5.41) is 0. The fourth-order valence-electron chi connectivity index (χ4n) is 1.54. The van der Waals surface area contributed by atoms with Gasteiger partial charge < -0.3 is 9.47 Å². The van der Waals surface area contributed by atoms with Gasteiger partial charge in [0.05, 0.1) is 19.8 Å². The Morgan fingerprint density at radius 1 is 1.43 bits per heavy atom. The predicted molar refractivity (Wildman–Crippen MR) is 86.1 cm³/mol. The second-order valence-corrected chi connectivity index (χ2v) is 7.08. The fraction of sp³-hybridized carbons (Fsp3) is 0.429. The normalized spacial score (nSPS) is 11.4. The monoisotopic (exact) mass is 377 g/mol. The van der Waals surface area contributed by atoms with Gasteiger partial charge in [0.15, 0.2) is 0 Å². The van der Waals surface area contributed by atoms with Crippen molar-refractivity contribution in [1.29, 1.82) is 0 Å². The number of halogens is 1. The van der Waals surface area contributed by atoms with Crippen LogP contribution >= 0.6 is 15.9 Å². The maximum Gasteiger partial charge on any atom is 0.244 e.